The van der Waals surface area contributed by atoms with Gasteiger partial charge in [0.15, 0.2) is 0 Å². The lowest BCUT2D eigenvalue weighted by Crippen LogP contribution is -2.10. The first-order valence-corrected chi connectivity index (χ1v) is 18.1. The van der Waals surface area contributed by atoms with Crippen molar-refractivity contribution < 1.29 is 0 Å². The number of rotatable bonds is 6. The molecule has 4 heteroatoms. The SMILES string of the molecule is Ic1cc2cc(N(c3ccccc3)c3ccccc3)cc3c4cc(I)cc5cc(N(c6ccccc6)c6ccccc6)cc(c(c1)c23)c54. The van der Waals surface area contributed by atoms with Crippen LogP contribution in [-0.2, 0) is 0 Å². The maximum atomic E-state index is 2.49. The van der Waals surface area contributed by atoms with Gasteiger partial charge >= 0.3 is 0 Å². The minimum atomic E-state index is 1.14. The zero-order valence-electron chi connectivity index (χ0n) is 25.8. The van der Waals surface area contributed by atoms with Crippen molar-refractivity contribution in [3.63, 3.8) is 0 Å². The van der Waals surface area contributed by atoms with Crippen molar-refractivity contribution in [1.29, 1.82) is 0 Å². The summed E-state index contributed by atoms with van der Waals surface area (Å²) in [5, 5.41) is 10.2. The van der Waals surface area contributed by atoms with Crippen molar-refractivity contribution in [3.05, 3.63) is 177 Å². The van der Waals surface area contributed by atoms with Crippen LogP contribution in [0.4, 0.5) is 34.1 Å². The predicted molar refractivity (Wildman–Crippen MR) is 222 cm³/mol. The normalized spacial score (nSPS) is 11.5. The molecule has 9 rings (SSSR count). The minimum absolute atomic E-state index is 1.14. The van der Waals surface area contributed by atoms with E-state index in [2.05, 4.69) is 225 Å². The molecule has 0 spiro atoms. The summed E-state index contributed by atoms with van der Waals surface area (Å²) in [5.41, 5.74) is 6.84. The summed E-state index contributed by atoms with van der Waals surface area (Å²) in [7, 11) is 0. The van der Waals surface area contributed by atoms with E-state index in [0.717, 1.165) is 34.1 Å². The lowest BCUT2D eigenvalue weighted by molar-refractivity contribution is 1.29. The molecule has 0 radical (unpaired) electrons. The van der Waals surface area contributed by atoms with E-state index in [1.165, 1.54) is 50.2 Å². The molecule has 0 aliphatic carbocycles. The van der Waals surface area contributed by atoms with Crippen LogP contribution in [0, 0.1) is 7.14 Å². The molecule has 48 heavy (non-hydrogen) atoms. The second kappa shape index (κ2) is 12.1. The van der Waals surface area contributed by atoms with Gasteiger partial charge in [0.25, 0.3) is 0 Å². The summed E-state index contributed by atoms with van der Waals surface area (Å²) in [4.78, 5) is 4.74. The van der Waals surface area contributed by atoms with Gasteiger partial charge in [-0.25, -0.2) is 0 Å². The highest BCUT2D eigenvalue weighted by Crippen LogP contribution is 2.47. The van der Waals surface area contributed by atoms with Crippen LogP contribution in [0.2, 0.25) is 0 Å². The number of halogens is 2. The molecule has 0 aromatic heterocycles. The largest absolute Gasteiger partial charge is 0.310 e. The molecule has 0 aliphatic heterocycles. The highest BCUT2D eigenvalue weighted by atomic mass is 127. The van der Waals surface area contributed by atoms with Gasteiger partial charge in [-0.15, -0.1) is 0 Å². The molecule has 0 amide bonds. The summed E-state index contributed by atoms with van der Waals surface area (Å²) in [6.07, 6.45) is 0. The fourth-order valence-corrected chi connectivity index (χ4v) is 8.53. The van der Waals surface area contributed by atoms with E-state index in [-0.39, 0.29) is 0 Å². The minimum Gasteiger partial charge on any atom is -0.310 e. The van der Waals surface area contributed by atoms with Crippen molar-refractivity contribution in [1.82, 2.24) is 0 Å². The van der Waals surface area contributed by atoms with Gasteiger partial charge in [0.2, 0.25) is 0 Å². The molecule has 0 saturated heterocycles. The van der Waals surface area contributed by atoms with Crippen LogP contribution in [-0.4, -0.2) is 0 Å². The Labute approximate surface area is 306 Å². The van der Waals surface area contributed by atoms with Gasteiger partial charge in [-0.3, -0.25) is 0 Å². The fraction of sp³-hybridized carbons (Fsp3) is 0. The number of anilines is 6. The zero-order chi connectivity index (χ0) is 32.2. The summed E-state index contributed by atoms with van der Waals surface area (Å²) >= 11 is 4.99. The van der Waals surface area contributed by atoms with E-state index in [1.54, 1.807) is 0 Å². The molecule has 0 bridgehead atoms. The first-order chi connectivity index (χ1) is 23.6. The summed E-state index contributed by atoms with van der Waals surface area (Å²) < 4.78 is 2.44. The molecular weight excluding hydrogens is 810 g/mol. The third-order valence-corrected chi connectivity index (χ3v) is 10.4. The quantitative estimate of drug-likeness (QED) is 0.0935. The van der Waals surface area contributed by atoms with Gasteiger partial charge in [0.1, 0.15) is 0 Å². The van der Waals surface area contributed by atoms with Gasteiger partial charge in [-0.05, 0) is 185 Å². The highest BCUT2D eigenvalue weighted by Gasteiger charge is 2.21. The van der Waals surface area contributed by atoms with Crippen molar-refractivity contribution in [2.24, 2.45) is 0 Å². The van der Waals surface area contributed by atoms with Crippen molar-refractivity contribution in [2.75, 3.05) is 9.80 Å². The van der Waals surface area contributed by atoms with E-state index < -0.39 is 0 Å². The number of nitrogens with zero attached hydrogens (tertiary/aromatic N) is 2. The van der Waals surface area contributed by atoms with E-state index in [4.69, 9.17) is 0 Å². The average Bonchev–Trinajstić information content (AvgIpc) is 3.12. The summed E-state index contributed by atoms with van der Waals surface area (Å²) in [6, 6.07) is 61.7. The first kappa shape index (κ1) is 29.5. The lowest BCUT2D eigenvalue weighted by atomic mass is 9.88. The van der Waals surface area contributed by atoms with E-state index in [9.17, 15) is 0 Å². The van der Waals surface area contributed by atoms with Crippen LogP contribution in [0.25, 0.3) is 43.1 Å². The first-order valence-electron chi connectivity index (χ1n) is 16.0. The van der Waals surface area contributed by atoms with Gasteiger partial charge in [0.05, 0.1) is 0 Å². The van der Waals surface area contributed by atoms with Crippen LogP contribution in [0.5, 0.6) is 0 Å². The standard InChI is InChI=1S/C44H28I2N2/c45-31-21-29-23-37(47(33-13-5-1-6-14-33)34-15-7-2-8-16-34)27-41-39-25-32(46)22-30-24-38(28-42(44(30)39)40(26-31)43(29)41)48(35-17-9-3-10-18-35)36-19-11-4-12-20-36/h1-28H. The van der Waals surface area contributed by atoms with Crippen LogP contribution < -0.4 is 9.80 Å². The predicted octanol–water partition coefficient (Wildman–Crippen LogP) is 13.9. The second-order valence-electron chi connectivity index (χ2n) is 12.1. The van der Waals surface area contributed by atoms with Crippen molar-refractivity contribution in [3.8, 4) is 0 Å². The average molecular weight is 839 g/mol. The Balaban J connectivity index is 1.38. The van der Waals surface area contributed by atoms with Crippen LogP contribution in [0.3, 0.4) is 0 Å². The molecule has 228 valence electrons. The number of benzene rings is 9. The van der Waals surface area contributed by atoms with Crippen LogP contribution in [0.1, 0.15) is 0 Å². The smallest absolute Gasteiger partial charge is 0.0474 e. The number of para-hydroxylation sites is 4. The molecule has 0 N–H and O–H groups in total. The Bertz CT molecular complexity index is 2310. The van der Waals surface area contributed by atoms with E-state index in [0.29, 0.717) is 0 Å². The van der Waals surface area contributed by atoms with Crippen LogP contribution in [0.15, 0.2) is 170 Å². The Kier molecular flexibility index (Phi) is 7.43. The third kappa shape index (κ3) is 5.06. The van der Waals surface area contributed by atoms with Crippen molar-refractivity contribution in [2.45, 2.75) is 0 Å². The molecular formula is C44H28I2N2. The maximum absolute atomic E-state index is 2.49. The fourth-order valence-electron chi connectivity index (χ4n) is 7.24. The molecule has 0 heterocycles. The van der Waals surface area contributed by atoms with Crippen LogP contribution >= 0.6 is 45.2 Å². The molecule has 0 saturated carbocycles. The topological polar surface area (TPSA) is 6.48 Å². The van der Waals surface area contributed by atoms with Gasteiger partial charge in [0, 0.05) is 41.3 Å². The van der Waals surface area contributed by atoms with Gasteiger partial charge < -0.3 is 9.80 Å². The van der Waals surface area contributed by atoms with Gasteiger partial charge in [-0.2, -0.15) is 0 Å². The van der Waals surface area contributed by atoms with Crippen molar-refractivity contribution >= 4 is 122 Å². The molecule has 0 fully saturated rings. The maximum Gasteiger partial charge on any atom is 0.0474 e. The Morgan fingerprint density at radius 1 is 0.292 bits per heavy atom. The number of fused-ring (bicyclic) bond motifs is 2. The Morgan fingerprint density at radius 3 is 0.896 bits per heavy atom. The molecule has 2 nitrogen and oxygen atoms in total. The molecule has 0 atom stereocenters. The molecule has 9 aromatic rings. The Morgan fingerprint density at radius 2 is 0.583 bits per heavy atom. The Hall–Kier alpha value is -4.66. The summed E-state index contributed by atoms with van der Waals surface area (Å²) in [6.45, 7) is 0. The van der Waals surface area contributed by atoms with Gasteiger partial charge in [-0.1, -0.05) is 72.8 Å². The number of hydrogen-bond donors (Lipinski definition) is 0. The second-order valence-corrected chi connectivity index (χ2v) is 14.6. The van der Waals surface area contributed by atoms with E-state index >= 15 is 0 Å². The van der Waals surface area contributed by atoms with E-state index in [1.807, 2.05) is 0 Å². The molecule has 9 aromatic carbocycles. The summed E-state index contributed by atoms with van der Waals surface area (Å²) in [5.74, 6) is 0. The zero-order valence-corrected chi connectivity index (χ0v) is 30.1. The molecule has 0 aliphatic rings. The third-order valence-electron chi connectivity index (χ3n) is 9.15. The highest BCUT2D eigenvalue weighted by molar-refractivity contribution is 14.1. The monoisotopic (exact) mass is 838 g/mol. The number of hydrogen-bond acceptors (Lipinski definition) is 2. The lowest BCUT2D eigenvalue weighted by Gasteiger charge is -2.28. The molecule has 0 unspecified atom stereocenters.